The summed E-state index contributed by atoms with van der Waals surface area (Å²) < 4.78 is 39.6. The first kappa shape index (κ1) is 31.7. The first-order valence-electron chi connectivity index (χ1n) is 13.4. The monoisotopic (exact) mass is 580 g/mol. The largest absolute Gasteiger partial charge is 0.351 e. The van der Waals surface area contributed by atoms with Crippen LogP contribution >= 0.6 is 0 Å². The van der Waals surface area contributed by atoms with Gasteiger partial charge in [0.1, 0.15) is 17.7 Å². The van der Waals surface area contributed by atoms with Crippen molar-refractivity contribution < 1.29 is 27.6 Å². The number of halogens is 3. The van der Waals surface area contributed by atoms with Crippen molar-refractivity contribution in [2.24, 2.45) is 0 Å². The maximum Gasteiger partial charge on any atom is 0.252 e. The van der Waals surface area contributed by atoms with Crippen molar-refractivity contribution in [3.05, 3.63) is 84.1 Å². The Balaban J connectivity index is 0.000000254. The molecule has 2 fully saturated rings. The van der Waals surface area contributed by atoms with E-state index in [9.17, 15) is 27.6 Å². The molecule has 5 rings (SSSR count). The van der Waals surface area contributed by atoms with Crippen LogP contribution < -0.4 is 15.1 Å². The number of nitrogens with one attached hydrogen (secondary N) is 1. The van der Waals surface area contributed by atoms with Gasteiger partial charge in [0.05, 0.1) is 29.7 Å². The van der Waals surface area contributed by atoms with Crippen LogP contribution in [-0.4, -0.2) is 46.7 Å². The first-order chi connectivity index (χ1) is 20.2. The number of aromatic nitrogens is 2. The molecule has 2 aliphatic rings. The summed E-state index contributed by atoms with van der Waals surface area (Å²) in [5.74, 6) is -3.38. The highest BCUT2D eigenvalue weighted by Gasteiger charge is 2.46. The molecule has 2 aromatic heterocycles. The van der Waals surface area contributed by atoms with Crippen LogP contribution in [0.1, 0.15) is 56.7 Å². The van der Waals surface area contributed by atoms with Gasteiger partial charge in [-0.1, -0.05) is 44.2 Å². The molecule has 1 aromatic carbocycles. The van der Waals surface area contributed by atoms with E-state index in [1.165, 1.54) is 6.20 Å². The molecule has 1 saturated carbocycles. The second kappa shape index (κ2) is 14.7. The van der Waals surface area contributed by atoms with Gasteiger partial charge in [-0.15, -0.1) is 0 Å². The minimum absolute atomic E-state index is 0.0861. The van der Waals surface area contributed by atoms with Gasteiger partial charge in [-0.05, 0) is 24.1 Å². The van der Waals surface area contributed by atoms with Gasteiger partial charge < -0.3 is 5.32 Å². The summed E-state index contributed by atoms with van der Waals surface area (Å²) in [5.41, 5.74) is 1.09. The van der Waals surface area contributed by atoms with Gasteiger partial charge in [0, 0.05) is 44.1 Å². The molecule has 0 radical (unpaired) electrons. The van der Waals surface area contributed by atoms with Gasteiger partial charge in [0.2, 0.25) is 18.2 Å². The zero-order chi connectivity index (χ0) is 30.7. The molecule has 1 N–H and O–H groups in total. The van der Waals surface area contributed by atoms with E-state index in [0.29, 0.717) is 36.3 Å². The molecule has 3 amide bonds. The zero-order valence-corrected chi connectivity index (χ0v) is 23.2. The number of benzene rings is 1. The predicted molar refractivity (Wildman–Crippen MR) is 150 cm³/mol. The van der Waals surface area contributed by atoms with Crippen LogP contribution in [0.2, 0.25) is 0 Å². The zero-order valence-electron chi connectivity index (χ0n) is 23.2. The molecule has 0 spiro atoms. The number of nitriles is 1. The fourth-order valence-electron chi connectivity index (χ4n) is 4.46. The molecule has 0 bridgehead atoms. The fourth-order valence-corrected chi connectivity index (χ4v) is 4.46. The molecule has 1 aliphatic carbocycles. The molecule has 1 aliphatic heterocycles. The van der Waals surface area contributed by atoms with E-state index in [-0.39, 0.29) is 11.6 Å². The van der Waals surface area contributed by atoms with Crippen LogP contribution in [0.5, 0.6) is 0 Å². The molecule has 9 nitrogen and oxygen atoms in total. The van der Waals surface area contributed by atoms with Crippen LogP contribution in [0.15, 0.2) is 67.1 Å². The molecule has 1 saturated heterocycles. The van der Waals surface area contributed by atoms with Gasteiger partial charge >= 0.3 is 0 Å². The van der Waals surface area contributed by atoms with Gasteiger partial charge in [-0.2, -0.15) is 5.26 Å². The van der Waals surface area contributed by atoms with E-state index in [1.807, 2.05) is 19.9 Å². The Morgan fingerprint density at radius 2 is 1.90 bits per heavy atom. The van der Waals surface area contributed by atoms with Gasteiger partial charge in [0.15, 0.2) is 0 Å². The molecule has 3 heterocycles. The predicted octanol–water partition coefficient (Wildman–Crippen LogP) is 4.94. The van der Waals surface area contributed by atoms with E-state index in [1.54, 1.807) is 53.6 Å². The van der Waals surface area contributed by atoms with E-state index in [0.717, 1.165) is 23.6 Å². The van der Waals surface area contributed by atoms with Crippen molar-refractivity contribution in [1.82, 2.24) is 15.3 Å². The third-order valence-corrected chi connectivity index (χ3v) is 6.41. The number of carbonyl (C=O) groups excluding carboxylic acids is 3. The Labute approximate surface area is 242 Å². The van der Waals surface area contributed by atoms with Gasteiger partial charge in [-0.3, -0.25) is 29.2 Å². The smallest absolute Gasteiger partial charge is 0.252 e. The van der Waals surface area contributed by atoms with E-state index in [2.05, 4.69) is 15.3 Å². The lowest BCUT2D eigenvalue weighted by molar-refractivity contribution is -0.131. The Kier molecular flexibility index (Phi) is 11.1. The third-order valence-electron chi connectivity index (χ3n) is 6.41. The Morgan fingerprint density at radius 3 is 2.48 bits per heavy atom. The van der Waals surface area contributed by atoms with E-state index in [4.69, 9.17) is 5.26 Å². The molecule has 12 heteroatoms. The number of nitrogens with zero attached hydrogens (tertiary/aromatic N) is 5. The van der Waals surface area contributed by atoms with Gasteiger partial charge in [-0.25, -0.2) is 18.2 Å². The average Bonchev–Trinajstić information content (AvgIpc) is 3.42. The van der Waals surface area contributed by atoms with Crippen molar-refractivity contribution >= 4 is 29.7 Å². The standard InChI is InChI=1S/C18H16F3N3O2.C10H9N3O.C2H6/c19-13-6-15(10-22-9-13)24(11-25)16(12-4-2-1-3-5-12)17(26)23-14-7-18(20,21)8-14;11-7-8-3-4-12-9(6-8)13-5-1-2-10(13)14;1-2/h1-6,9-11,14,16H,7-8H2,(H,23,26);3-4,6H,1-2,5H2;1-2H3. The highest BCUT2D eigenvalue weighted by atomic mass is 19.3. The lowest BCUT2D eigenvalue weighted by atomic mass is 9.88. The summed E-state index contributed by atoms with van der Waals surface area (Å²) in [5, 5.41) is 11.2. The van der Waals surface area contributed by atoms with Crippen LogP contribution in [0, 0.1) is 17.1 Å². The van der Waals surface area contributed by atoms with Crippen molar-refractivity contribution in [2.45, 2.75) is 57.5 Å². The first-order valence-corrected chi connectivity index (χ1v) is 13.4. The van der Waals surface area contributed by atoms with Crippen LogP contribution in [-0.2, 0) is 14.4 Å². The number of amides is 3. The summed E-state index contributed by atoms with van der Waals surface area (Å²) >= 11 is 0. The lowest BCUT2D eigenvalue weighted by Gasteiger charge is -2.37. The van der Waals surface area contributed by atoms with Crippen molar-refractivity contribution in [3.8, 4) is 6.07 Å². The number of hydrogen-bond donors (Lipinski definition) is 1. The second-order valence-electron chi connectivity index (χ2n) is 9.32. The molecule has 42 heavy (non-hydrogen) atoms. The normalized spacial score (nSPS) is 15.9. The number of pyridine rings is 2. The number of carbonyl (C=O) groups is 3. The fraction of sp³-hybridized carbons (Fsp3) is 0.333. The number of alkyl halides is 2. The van der Waals surface area contributed by atoms with Crippen molar-refractivity contribution in [3.63, 3.8) is 0 Å². The Hall–Kier alpha value is -4.79. The lowest BCUT2D eigenvalue weighted by Crippen LogP contribution is -2.53. The summed E-state index contributed by atoms with van der Waals surface area (Å²) in [4.78, 5) is 46.2. The minimum atomic E-state index is -2.78. The van der Waals surface area contributed by atoms with Crippen LogP contribution in [0.3, 0.4) is 0 Å². The number of anilines is 2. The van der Waals surface area contributed by atoms with E-state index >= 15 is 0 Å². The van der Waals surface area contributed by atoms with Crippen molar-refractivity contribution in [2.75, 3.05) is 16.3 Å². The molecule has 1 atom stereocenters. The molecule has 220 valence electrons. The molecule has 1 unspecified atom stereocenters. The summed E-state index contributed by atoms with van der Waals surface area (Å²) in [6.07, 6.45) is 4.74. The van der Waals surface area contributed by atoms with Gasteiger partial charge in [0.25, 0.3) is 5.92 Å². The molecular weight excluding hydrogens is 549 g/mol. The summed E-state index contributed by atoms with van der Waals surface area (Å²) in [6, 6.07) is 12.9. The quantitative estimate of drug-likeness (QED) is 0.395. The minimum Gasteiger partial charge on any atom is -0.351 e. The Morgan fingerprint density at radius 1 is 1.19 bits per heavy atom. The SMILES string of the molecule is CC.N#Cc1ccnc(N2CCCC2=O)c1.O=CN(c1cncc(F)c1)C(C(=O)NC1CC(F)(F)C1)c1ccccc1. The summed E-state index contributed by atoms with van der Waals surface area (Å²) in [7, 11) is 0. The highest BCUT2D eigenvalue weighted by molar-refractivity contribution is 5.94. The third kappa shape index (κ3) is 8.13. The van der Waals surface area contributed by atoms with Crippen LogP contribution in [0.4, 0.5) is 24.7 Å². The Bertz CT molecular complexity index is 1410. The van der Waals surface area contributed by atoms with Crippen LogP contribution in [0.25, 0.3) is 0 Å². The van der Waals surface area contributed by atoms with E-state index < -0.39 is 42.6 Å². The summed E-state index contributed by atoms with van der Waals surface area (Å²) in [6.45, 7) is 4.71. The molecular formula is C30H31F3N6O3. The maximum absolute atomic E-state index is 13.5. The second-order valence-corrected chi connectivity index (χ2v) is 9.32. The topological polar surface area (TPSA) is 119 Å². The average molecular weight is 581 g/mol. The maximum atomic E-state index is 13.5. The number of rotatable bonds is 7. The van der Waals surface area contributed by atoms with Crippen molar-refractivity contribution in [1.29, 1.82) is 5.26 Å². The molecule has 3 aromatic rings. The highest BCUT2D eigenvalue weighted by Crippen LogP contribution is 2.38. The number of hydrogen-bond acceptors (Lipinski definition) is 6.